The molecule has 1 rings (SSSR count). The molecule has 0 aliphatic heterocycles. The van der Waals surface area contributed by atoms with Crippen molar-refractivity contribution in [3.8, 4) is 0 Å². The van der Waals surface area contributed by atoms with E-state index in [0.29, 0.717) is 0 Å². The van der Waals surface area contributed by atoms with Crippen LogP contribution in [0.3, 0.4) is 0 Å². The van der Waals surface area contributed by atoms with Crippen LogP contribution in [-0.2, 0) is 33.6 Å². The molecule has 20 nitrogen and oxygen atoms in total. The molecule has 52 heavy (non-hydrogen) atoms. The SMILES string of the molecule is CC(C)C[C@H](NC(=O)[C@@H](NC(=O)[C@H](C)NC(=O)[C@H](CO)NC(=O)[C@@H](N)[C@@H](C)O)C(C)C)C(=O)N[C@@H](CCC(N)=O)C(=O)Nc1ccc([N+](=O)[O-])cc1. The number of rotatable bonds is 21. The van der Waals surface area contributed by atoms with E-state index in [1.807, 2.05) is 0 Å². The zero-order valence-corrected chi connectivity index (χ0v) is 30.0. The number of hydrogen-bond donors (Lipinski definition) is 10. The van der Waals surface area contributed by atoms with E-state index < -0.39 is 101 Å². The number of hydrogen-bond acceptors (Lipinski definition) is 12. The maximum absolute atomic E-state index is 13.5. The highest BCUT2D eigenvalue weighted by Gasteiger charge is 2.33. The summed E-state index contributed by atoms with van der Waals surface area (Å²) >= 11 is 0. The van der Waals surface area contributed by atoms with Crippen LogP contribution < -0.4 is 43.4 Å². The second-order valence-corrected chi connectivity index (χ2v) is 13.0. The van der Waals surface area contributed by atoms with Gasteiger partial charge in [-0.15, -0.1) is 0 Å². The molecule has 0 saturated heterocycles. The summed E-state index contributed by atoms with van der Waals surface area (Å²) in [6, 6.07) is -2.98. The Balaban J connectivity index is 3.08. The predicted octanol–water partition coefficient (Wildman–Crippen LogP) is -2.35. The van der Waals surface area contributed by atoms with E-state index >= 15 is 0 Å². The van der Waals surface area contributed by atoms with Crippen LogP contribution in [0, 0.1) is 22.0 Å². The summed E-state index contributed by atoms with van der Waals surface area (Å²) in [5.41, 5.74) is 10.8. The van der Waals surface area contributed by atoms with Crippen molar-refractivity contribution in [2.75, 3.05) is 11.9 Å². The van der Waals surface area contributed by atoms with Gasteiger partial charge in [-0.3, -0.25) is 43.7 Å². The van der Waals surface area contributed by atoms with E-state index in [4.69, 9.17) is 11.5 Å². The monoisotopic (exact) mass is 737 g/mol. The average molecular weight is 738 g/mol. The fraction of sp³-hybridized carbons (Fsp3) is 0.594. The Bertz CT molecular complexity index is 1440. The number of non-ortho nitro benzene ring substituents is 1. The van der Waals surface area contributed by atoms with Gasteiger partial charge in [-0.05, 0) is 50.7 Å². The fourth-order valence-electron chi connectivity index (χ4n) is 4.56. The van der Waals surface area contributed by atoms with Gasteiger partial charge in [0.2, 0.25) is 41.4 Å². The van der Waals surface area contributed by atoms with E-state index in [0.717, 1.165) is 0 Å². The Kier molecular flexibility index (Phi) is 18.3. The van der Waals surface area contributed by atoms with Gasteiger partial charge in [0, 0.05) is 24.2 Å². The van der Waals surface area contributed by atoms with Gasteiger partial charge in [-0.1, -0.05) is 27.7 Å². The molecule has 7 amide bonds. The van der Waals surface area contributed by atoms with Crippen LogP contribution in [-0.4, -0.2) is 105 Å². The number of nitrogens with one attached hydrogen (secondary N) is 6. The smallest absolute Gasteiger partial charge is 0.269 e. The molecule has 20 heteroatoms. The first-order valence-electron chi connectivity index (χ1n) is 16.6. The zero-order chi connectivity index (χ0) is 39.9. The molecule has 0 fully saturated rings. The predicted molar refractivity (Wildman–Crippen MR) is 187 cm³/mol. The quantitative estimate of drug-likeness (QED) is 0.0468. The maximum atomic E-state index is 13.5. The highest BCUT2D eigenvalue weighted by atomic mass is 16.6. The van der Waals surface area contributed by atoms with Crippen LogP contribution in [0.2, 0.25) is 0 Å². The highest BCUT2D eigenvalue weighted by Crippen LogP contribution is 2.16. The molecule has 7 atom stereocenters. The number of aliphatic hydroxyl groups is 2. The maximum Gasteiger partial charge on any atom is 0.269 e. The average Bonchev–Trinajstić information content (AvgIpc) is 3.06. The minimum absolute atomic E-state index is 0.0995. The van der Waals surface area contributed by atoms with Crippen LogP contribution in [0.15, 0.2) is 24.3 Å². The van der Waals surface area contributed by atoms with Gasteiger partial charge in [-0.25, -0.2) is 0 Å². The second kappa shape index (κ2) is 21.2. The number of benzene rings is 1. The van der Waals surface area contributed by atoms with Gasteiger partial charge in [0.25, 0.3) is 5.69 Å². The third-order valence-corrected chi connectivity index (χ3v) is 7.64. The number of nitro benzene ring substituents is 1. The Morgan fingerprint density at radius 1 is 0.750 bits per heavy atom. The van der Waals surface area contributed by atoms with Gasteiger partial charge in [0.05, 0.1) is 17.6 Å². The third-order valence-electron chi connectivity index (χ3n) is 7.64. The molecular weight excluding hydrogens is 686 g/mol. The molecule has 0 spiro atoms. The fourth-order valence-corrected chi connectivity index (χ4v) is 4.56. The van der Waals surface area contributed by atoms with Crippen molar-refractivity contribution in [1.29, 1.82) is 0 Å². The standard InChI is InChI=1S/C32H51N9O11/c1-15(2)13-22(29(47)37-21(11-12-24(33)44)28(46)36-19-7-9-20(10-8-19)41(51)52)38-32(50)26(16(3)4)40-27(45)17(5)35-30(48)23(14-42)39-31(49)25(34)18(6)43/h7-10,15-18,21-23,25-26,42-43H,11-14,34H2,1-6H3,(H2,33,44)(H,35,48)(H,36,46)(H,37,47)(H,38,50)(H,39,49)(H,40,45)/t17-,18+,21-,22-,23-,25-,26-/m0/s1. The summed E-state index contributed by atoms with van der Waals surface area (Å²) in [5.74, 6) is -6.39. The van der Waals surface area contributed by atoms with Crippen molar-refractivity contribution in [2.24, 2.45) is 23.3 Å². The lowest BCUT2D eigenvalue weighted by atomic mass is 9.99. The molecule has 0 unspecified atom stereocenters. The van der Waals surface area contributed by atoms with E-state index in [9.17, 15) is 53.9 Å². The molecule has 0 radical (unpaired) electrons. The molecule has 0 aromatic heterocycles. The van der Waals surface area contributed by atoms with Crippen molar-refractivity contribution < 1.29 is 48.7 Å². The molecular formula is C32H51N9O11. The lowest BCUT2D eigenvalue weighted by Gasteiger charge is -2.28. The van der Waals surface area contributed by atoms with Crippen molar-refractivity contribution in [1.82, 2.24) is 26.6 Å². The molecule has 290 valence electrons. The van der Waals surface area contributed by atoms with E-state index in [1.165, 1.54) is 38.1 Å². The Morgan fingerprint density at radius 2 is 1.29 bits per heavy atom. The van der Waals surface area contributed by atoms with Crippen molar-refractivity contribution in [2.45, 2.75) is 103 Å². The molecule has 0 aliphatic rings. The number of carbonyl (C=O) groups excluding carboxylic acids is 7. The number of nitrogens with two attached hydrogens (primary N) is 2. The topological polar surface area (TPSA) is 327 Å². The Labute approximate surface area is 300 Å². The minimum Gasteiger partial charge on any atom is -0.394 e. The van der Waals surface area contributed by atoms with Crippen molar-refractivity contribution in [3.05, 3.63) is 34.4 Å². The van der Waals surface area contributed by atoms with Gasteiger partial charge in [-0.2, -0.15) is 0 Å². The van der Waals surface area contributed by atoms with Crippen molar-refractivity contribution in [3.63, 3.8) is 0 Å². The molecule has 1 aromatic rings. The molecule has 0 saturated carbocycles. The second-order valence-electron chi connectivity index (χ2n) is 13.0. The first-order chi connectivity index (χ1) is 24.2. The van der Waals surface area contributed by atoms with E-state index in [-0.39, 0.29) is 36.6 Å². The third kappa shape index (κ3) is 15.0. The summed E-state index contributed by atoms with van der Waals surface area (Å²) in [6.45, 7) is 8.51. The molecule has 0 bridgehead atoms. The summed E-state index contributed by atoms with van der Waals surface area (Å²) in [5, 5.41) is 44.7. The molecule has 0 heterocycles. The molecule has 0 aliphatic carbocycles. The summed E-state index contributed by atoms with van der Waals surface area (Å²) in [4.78, 5) is 100.0. The van der Waals surface area contributed by atoms with Gasteiger partial charge < -0.3 is 53.6 Å². The lowest BCUT2D eigenvalue weighted by Crippen LogP contribution is -2.60. The van der Waals surface area contributed by atoms with Crippen LogP contribution in [0.4, 0.5) is 11.4 Å². The number of carbonyl (C=O) groups is 7. The van der Waals surface area contributed by atoms with Gasteiger partial charge >= 0.3 is 0 Å². The molecule has 1 aromatic carbocycles. The normalized spacial score (nSPS) is 15.1. The van der Waals surface area contributed by atoms with Gasteiger partial charge in [0.15, 0.2) is 0 Å². The van der Waals surface area contributed by atoms with E-state index in [2.05, 4.69) is 31.9 Å². The molecule has 12 N–H and O–H groups in total. The van der Waals surface area contributed by atoms with Crippen LogP contribution in [0.5, 0.6) is 0 Å². The number of nitro groups is 1. The first-order valence-corrected chi connectivity index (χ1v) is 16.6. The number of anilines is 1. The number of primary amides is 1. The van der Waals surface area contributed by atoms with Crippen molar-refractivity contribution >= 4 is 52.7 Å². The zero-order valence-electron chi connectivity index (χ0n) is 30.0. The van der Waals surface area contributed by atoms with Gasteiger partial charge in [0.1, 0.15) is 36.3 Å². The first kappa shape index (κ1) is 44.8. The summed E-state index contributed by atoms with van der Waals surface area (Å²) in [7, 11) is 0. The van der Waals surface area contributed by atoms with Crippen LogP contribution in [0.1, 0.15) is 60.8 Å². The van der Waals surface area contributed by atoms with Crippen LogP contribution in [0.25, 0.3) is 0 Å². The van der Waals surface area contributed by atoms with Crippen LogP contribution >= 0.6 is 0 Å². The summed E-state index contributed by atoms with van der Waals surface area (Å²) < 4.78 is 0. The lowest BCUT2D eigenvalue weighted by molar-refractivity contribution is -0.384. The number of aliphatic hydroxyl groups excluding tert-OH is 2. The Morgan fingerprint density at radius 3 is 1.77 bits per heavy atom. The minimum atomic E-state index is -1.50. The number of nitrogens with zero attached hydrogens (tertiary/aromatic N) is 1. The Hall–Kier alpha value is -5.21. The summed E-state index contributed by atoms with van der Waals surface area (Å²) in [6.07, 6.45) is -1.63. The van der Waals surface area contributed by atoms with E-state index in [1.54, 1.807) is 27.7 Å². The highest BCUT2D eigenvalue weighted by molar-refractivity contribution is 5.99. The largest absolute Gasteiger partial charge is 0.394 e. The number of amides is 7.